The molecule has 206 valence electrons. The number of carbonyl (C=O) groups excluding carboxylic acids is 4. The van der Waals surface area contributed by atoms with Gasteiger partial charge in [-0.2, -0.15) is 0 Å². The van der Waals surface area contributed by atoms with E-state index in [1.165, 1.54) is 0 Å². The molecule has 0 fully saturated rings. The second-order valence-corrected chi connectivity index (χ2v) is 8.25. The molecule has 0 spiro atoms. The molecular formula is C24H48N4O7. The quantitative estimate of drug-likeness (QED) is 0.130. The van der Waals surface area contributed by atoms with Gasteiger partial charge in [-0.25, -0.2) is 0 Å². The van der Waals surface area contributed by atoms with E-state index in [0.29, 0.717) is 26.2 Å². The zero-order valence-electron chi connectivity index (χ0n) is 21.9. The van der Waals surface area contributed by atoms with E-state index in [-0.39, 0.29) is 12.3 Å². The molecule has 0 aromatic carbocycles. The maximum absolute atomic E-state index is 11.4. The van der Waals surface area contributed by atoms with Gasteiger partial charge in [-0.3, -0.25) is 19.2 Å². The van der Waals surface area contributed by atoms with E-state index in [9.17, 15) is 34.5 Å². The van der Waals surface area contributed by atoms with Gasteiger partial charge in [-0.15, -0.1) is 0 Å². The number of carbonyl (C=O) groups is 4. The molecule has 35 heavy (non-hydrogen) atoms. The lowest BCUT2D eigenvalue weighted by Crippen LogP contribution is -2.49. The zero-order chi connectivity index (χ0) is 27.1. The Labute approximate surface area is 209 Å². The largest absolute Gasteiger partial charge is 0.383 e. The minimum atomic E-state index is -1.72. The van der Waals surface area contributed by atoms with Crippen LogP contribution in [-0.4, -0.2) is 83.4 Å². The van der Waals surface area contributed by atoms with Crippen molar-refractivity contribution < 1.29 is 34.5 Å². The van der Waals surface area contributed by atoms with Crippen molar-refractivity contribution in [3.63, 3.8) is 0 Å². The number of hydrogen-bond acceptors (Lipinski definition) is 7. The molecule has 0 aliphatic rings. The fourth-order valence-corrected chi connectivity index (χ4v) is 2.52. The smallest absolute Gasteiger partial charge is 0.252 e. The molecule has 0 saturated carbocycles. The highest BCUT2D eigenvalue weighted by Crippen LogP contribution is 1.96. The molecule has 3 atom stereocenters. The third-order valence-corrected chi connectivity index (χ3v) is 4.86. The Bertz CT molecular complexity index is 564. The van der Waals surface area contributed by atoms with E-state index in [4.69, 9.17) is 0 Å². The zero-order valence-corrected chi connectivity index (χ0v) is 21.9. The molecule has 0 unspecified atom stereocenters. The Balaban J connectivity index is 0. The number of unbranched alkanes of at least 4 members (excludes halogenated alkanes) is 4. The van der Waals surface area contributed by atoms with E-state index in [1.807, 2.05) is 27.7 Å². The Hall–Kier alpha value is -2.24. The van der Waals surface area contributed by atoms with Gasteiger partial charge < -0.3 is 36.6 Å². The van der Waals surface area contributed by atoms with Crippen LogP contribution in [0.3, 0.4) is 0 Å². The van der Waals surface area contributed by atoms with Crippen molar-refractivity contribution in [3.8, 4) is 0 Å². The van der Waals surface area contributed by atoms with Gasteiger partial charge in [0.2, 0.25) is 11.8 Å². The lowest BCUT2D eigenvalue weighted by atomic mass is 10.1. The molecule has 0 aliphatic carbocycles. The third kappa shape index (κ3) is 19.7. The number of aliphatic hydroxyl groups excluding tert-OH is 3. The number of rotatable bonds is 18. The monoisotopic (exact) mass is 504 g/mol. The average Bonchev–Trinajstić information content (AvgIpc) is 2.83. The van der Waals surface area contributed by atoms with E-state index >= 15 is 0 Å². The summed E-state index contributed by atoms with van der Waals surface area (Å²) in [5.74, 6) is -2.19. The van der Waals surface area contributed by atoms with E-state index < -0.39 is 36.0 Å². The van der Waals surface area contributed by atoms with Gasteiger partial charge in [0.15, 0.2) is 12.2 Å². The summed E-state index contributed by atoms with van der Waals surface area (Å²) in [7, 11) is 0. The highest BCUT2D eigenvalue weighted by molar-refractivity contribution is 5.90. The normalized spacial score (nSPS) is 12.9. The first kappa shape index (κ1) is 34.9. The van der Waals surface area contributed by atoms with Crippen molar-refractivity contribution >= 4 is 23.6 Å². The van der Waals surface area contributed by atoms with Gasteiger partial charge in [-0.05, 0) is 25.7 Å². The molecule has 0 aromatic heterocycles. The van der Waals surface area contributed by atoms with Crippen molar-refractivity contribution in [2.45, 2.75) is 104 Å². The minimum Gasteiger partial charge on any atom is -0.383 e. The molecule has 0 radical (unpaired) electrons. The van der Waals surface area contributed by atoms with Gasteiger partial charge >= 0.3 is 0 Å². The number of amides is 4. The van der Waals surface area contributed by atoms with Crippen LogP contribution in [0.2, 0.25) is 0 Å². The van der Waals surface area contributed by atoms with Gasteiger partial charge in [0, 0.05) is 26.2 Å². The number of aliphatic hydroxyl groups is 3. The van der Waals surface area contributed by atoms with Crippen LogP contribution < -0.4 is 21.3 Å². The molecular weight excluding hydrogens is 456 g/mol. The second-order valence-electron chi connectivity index (χ2n) is 8.25. The topological polar surface area (TPSA) is 177 Å². The van der Waals surface area contributed by atoms with Gasteiger partial charge in [-0.1, -0.05) is 53.4 Å². The van der Waals surface area contributed by atoms with Crippen molar-refractivity contribution in [1.29, 1.82) is 0 Å². The van der Waals surface area contributed by atoms with Crippen molar-refractivity contribution in [1.82, 2.24) is 21.3 Å². The highest BCUT2D eigenvalue weighted by atomic mass is 16.3. The summed E-state index contributed by atoms with van der Waals surface area (Å²) in [5.41, 5.74) is 0. The Morgan fingerprint density at radius 1 is 0.543 bits per heavy atom. The lowest BCUT2D eigenvalue weighted by molar-refractivity contribution is -0.146. The summed E-state index contributed by atoms with van der Waals surface area (Å²) in [6.07, 6.45) is 2.32. The molecule has 11 heteroatoms. The average molecular weight is 505 g/mol. The highest BCUT2D eigenvalue weighted by Gasteiger charge is 2.29. The number of nitrogens with one attached hydrogen (secondary N) is 4. The van der Waals surface area contributed by atoms with Crippen molar-refractivity contribution in [2.75, 3.05) is 26.2 Å². The molecule has 4 amide bonds. The number of hydrogen-bond donors (Lipinski definition) is 7. The Morgan fingerprint density at radius 3 is 1.20 bits per heavy atom. The first-order valence-corrected chi connectivity index (χ1v) is 12.8. The Morgan fingerprint density at radius 2 is 0.857 bits per heavy atom. The fourth-order valence-electron chi connectivity index (χ4n) is 2.52. The molecule has 0 bridgehead atoms. The molecule has 0 aromatic rings. The van der Waals surface area contributed by atoms with Crippen LogP contribution in [-0.2, 0) is 19.2 Å². The standard InChI is InChI=1S/C12H24N2O4.C12H24N2O3/c1-3-5-7-13-11(17)9(15)10(16)12(18)14-8-6-4-2;1-3-5-7-13-11(16)9-10(15)12(17)14-8-6-4-2/h9-10,15-16H,3-8H2,1-2H3,(H,13,17)(H,14,18);10,15H,3-9H2,1-2H3,(H,13,16)(H,14,17)/t9-,10-;10-/m10/s1. The molecule has 7 N–H and O–H groups in total. The molecule has 0 heterocycles. The van der Waals surface area contributed by atoms with E-state index in [1.54, 1.807) is 0 Å². The van der Waals surface area contributed by atoms with Gasteiger partial charge in [0.1, 0.15) is 6.10 Å². The summed E-state index contributed by atoms with van der Waals surface area (Å²) < 4.78 is 0. The first-order chi connectivity index (χ1) is 16.7. The summed E-state index contributed by atoms with van der Waals surface area (Å²) in [6.45, 7) is 9.99. The van der Waals surface area contributed by atoms with Crippen molar-refractivity contribution in [3.05, 3.63) is 0 Å². The summed E-state index contributed by atoms with van der Waals surface area (Å²) in [6, 6.07) is 0. The minimum absolute atomic E-state index is 0.165. The second kappa shape index (κ2) is 23.5. The molecule has 0 aliphatic heterocycles. The molecule has 0 saturated heterocycles. The molecule has 11 nitrogen and oxygen atoms in total. The maximum atomic E-state index is 11.4. The van der Waals surface area contributed by atoms with Crippen LogP contribution in [0, 0.1) is 0 Å². The molecule has 0 rings (SSSR count). The van der Waals surface area contributed by atoms with Gasteiger partial charge in [0.05, 0.1) is 6.42 Å². The van der Waals surface area contributed by atoms with Crippen LogP contribution in [0.4, 0.5) is 0 Å². The van der Waals surface area contributed by atoms with Crippen LogP contribution >= 0.6 is 0 Å². The van der Waals surface area contributed by atoms with Crippen LogP contribution in [0.15, 0.2) is 0 Å². The van der Waals surface area contributed by atoms with E-state index in [2.05, 4.69) is 21.3 Å². The first-order valence-electron chi connectivity index (χ1n) is 12.8. The summed E-state index contributed by atoms with van der Waals surface area (Å²) >= 11 is 0. The lowest BCUT2D eigenvalue weighted by Gasteiger charge is -2.17. The van der Waals surface area contributed by atoms with E-state index in [0.717, 1.165) is 51.4 Å². The van der Waals surface area contributed by atoms with Gasteiger partial charge in [0.25, 0.3) is 11.8 Å². The third-order valence-electron chi connectivity index (χ3n) is 4.86. The predicted molar refractivity (Wildman–Crippen MR) is 134 cm³/mol. The van der Waals surface area contributed by atoms with Crippen LogP contribution in [0.25, 0.3) is 0 Å². The SMILES string of the molecule is CCCCNC(=O)C[C@H](O)C(=O)NCCCC.CCCCNC(=O)[C@H](O)[C@@H](O)C(=O)NCCCC. The van der Waals surface area contributed by atoms with Crippen LogP contribution in [0.5, 0.6) is 0 Å². The Kier molecular flexibility index (Phi) is 23.4. The maximum Gasteiger partial charge on any atom is 0.252 e. The predicted octanol–water partition coefficient (Wildman–Crippen LogP) is 0.111. The summed E-state index contributed by atoms with van der Waals surface area (Å²) in [4.78, 5) is 45.4. The summed E-state index contributed by atoms with van der Waals surface area (Å²) in [5, 5.41) is 38.6. The fraction of sp³-hybridized carbons (Fsp3) is 0.833. The van der Waals surface area contributed by atoms with Crippen molar-refractivity contribution in [2.24, 2.45) is 0 Å². The van der Waals surface area contributed by atoms with Crippen LogP contribution in [0.1, 0.15) is 85.5 Å².